The molecule has 30 heavy (non-hydrogen) atoms. The molecule has 2 heterocycles. The number of anilines is 1. The molecule has 2 aromatic carbocycles. The normalized spacial score (nSPS) is 21.8. The third kappa shape index (κ3) is 2.94. The molecule has 2 atom stereocenters. The van der Waals surface area contributed by atoms with Gasteiger partial charge in [0.2, 0.25) is 0 Å². The minimum atomic E-state index is -0.923. The minimum absolute atomic E-state index is 0.0128. The Bertz CT molecular complexity index is 1160. The summed E-state index contributed by atoms with van der Waals surface area (Å²) in [6.07, 6.45) is 4.35. The van der Waals surface area contributed by atoms with E-state index < -0.39 is 5.97 Å². The topological polar surface area (TPSA) is 85.9 Å². The summed E-state index contributed by atoms with van der Waals surface area (Å²) in [5, 5.41) is 25.9. The molecule has 1 N–H and O–H groups in total. The molecule has 0 bridgehead atoms. The average Bonchev–Trinajstić information content (AvgIpc) is 3.40. The van der Waals surface area contributed by atoms with Gasteiger partial charge in [0, 0.05) is 17.9 Å². The Morgan fingerprint density at radius 2 is 2.13 bits per heavy atom. The van der Waals surface area contributed by atoms with E-state index in [-0.39, 0.29) is 12.0 Å². The van der Waals surface area contributed by atoms with E-state index in [2.05, 4.69) is 6.07 Å². The number of aryl methyl sites for hydroxylation is 1. The van der Waals surface area contributed by atoms with Crippen molar-refractivity contribution in [1.29, 1.82) is 5.26 Å². The standard InChI is InChI=1S/C23H18ClN3O3/c24-20-10-17(4-1-15(20)11-25)27-22(16-7-8-30-12-16)19-6-2-13-9-14(23(28)29)3-5-18(13)21(19)26-27/h1,3-5,9-10,12,19,22H,2,6-8H2,(H,28,29). The number of nitriles is 1. The van der Waals surface area contributed by atoms with Crippen molar-refractivity contribution in [3.63, 3.8) is 0 Å². The van der Waals surface area contributed by atoms with Crippen molar-refractivity contribution < 1.29 is 14.6 Å². The summed E-state index contributed by atoms with van der Waals surface area (Å²) >= 11 is 6.30. The molecule has 2 aliphatic heterocycles. The molecule has 7 heteroatoms. The van der Waals surface area contributed by atoms with Crippen LogP contribution in [0.5, 0.6) is 0 Å². The fourth-order valence-corrected chi connectivity index (χ4v) is 4.82. The fraction of sp³-hybridized carbons (Fsp3) is 0.261. The predicted molar refractivity (Wildman–Crippen MR) is 113 cm³/mol. The Hall–Kier alpha value is -3.30. The second-order valence-corrected chi connectivity index (χ2v) is 8.09. The summed E-state index contributed by atoms with van der Waals surface area (Å²) in [6.45, 7) is 0.661. The van der Waals surface area contributed by atoms with Crippen LogP contribution in [0.15, 0.2) is 53.3 Å². The lowest BCUT2D eigenvalue weighted by Crippen LogP contribution is -2.37. The zero-order valence-corrected chi connectivity index (χ0v) is 16.8. The second kappa shape index (κ2) is 7.19. The lowest BCUT2D eigenvalue weighted by atomic mass is 9.76. The maximum Gasteiger partial charge on any atom is 0.335 e. The first-order valence-corrected chi connectivity index (χ1v) is 10.2. The molecule has 150 valence electrons. The van der Waals surface area contributed by atoms with Crippen LogP contribution in [0.25, 0.3) is 0 Å². The molecule has 0 saturated heterocycles. The fourth-order valence-electron chi connectivity index (χ4n) is 4.61. The number of fused-ring (bicyclic) bond motifs is 3. The molecule has 2 unspecified atom stereocenters. The van der Waals surface area contributed by atoms with Gasteiger partial charge in [-0.15, -0.1) is 0 Å². The van der Waals surface area contributed by atoms with Crippen LogP contribution in [0, 0.1) is 17.2 Å². The van der Waals surface area contributed by atoms with Crippen LogP contribution in [-0.4, -0.2) is 29.4 Å². The Balaban J connectivity index is 1.61. The first-order chi connectivity index (χ1) is 14.6. The maximum atomic E-state index is 11.4. The highest BCUT2D eigenvalue weighted by Gasteiger charge is 2.43. The van der Waals surface area contributed by atoms with Crippen molar-refractivity contribution in [1.82, 2.24) is 0 Å². The molecule has 2 aromatic rings. The molecule has 0 saturated carbocycles. The van der Waals surface area contributed by atoms with Crippen LogP contribution in [-0.2, 0) is 11.2 Å². The molecule has 0 aromatic heterocycles. The highest BCUT2D eigenvalue weighted by Crippen LogP contribution is 2.42. The lowest BCUT2D eigenvalue weighted by molar-refractivity contribution is 0.0696. The van der Waals surface area contributed by atoms with Gasteiger partial charge in [-0.3, -0.25) is 5.01 Å². The Labute approximate surface area is 178 Å². The van der Waals surface area contributed by atoms with E-state index >= 15 is 0 Å². The third-order valence-corrected chi connectivity index (χ3v) is 6.34. The van der Waals surface area contributed by atoms with Gasteiger partial charge in [0.25, 0.3) is 0 Å². The highest BCUT2D eigenvalue weighted by molar-refractivity contribution is 6.32. The van der Waals surface area contributed by atoms with Crippen LogP contribution in [0.4, 0.5) is 5.69 Å². The largest absolute Gasteiger partial charge is 0.501 e. The van der Waals surface area contributed by atoms with E-state index in [1.165, 1.54) is 5.57 Å². The van der Waals surface area contributed by atoms with E-state index in [1.54, 1.807) is 24.3 Å². The SMILES string of the molecule is N#Cc1ccc(N2N=C3c4ccc(C(=O)O)cc4CCC3C2C2=COCC2)cc1Cl. The average molecular weight is 420 g/mol. The zero-order valence-electron chi connectivity index (χ0n) is 16.0. The van der Waals surface area contributed by atoms with Gasteiger partial charge >= 0.3 is 5.97 Å². The van der Waals surface area contributed by atoms with Gasteiger partial charge in [-0.1, -0.05) is 17.7 Å². The number of carbonyl (C=O) groups is 1. The van der Waals surface area contributed by atoms with E-state index in [9.17, 15) is 15.2 Å². The summed E-state index contributed by atoms with van der Waals surface area (Å²) in [7, 11) is 0. The number of hydrogen-bond donors (Lipinski definition) is 1. The summed E-state index contributed by atoms with van der Waals surface area (Å²) in [5.74, 6) is -0.746. The van der Waals surface area contributed by atoms with Gasteiger partial charge in [0.1, 0.15) is 6.07 Å². The maximum absolute atomic E-state index is 11.4. The first-order valence-electron chi connectivity index (χ1n) is 9.81. The molecule has 0 radical (unpaired) electrons. The van der Waals surface area contributed by atoms with Crippen LogP contribution in [0.1, 0.15) is 39.9 Å². The predicted octanol–water partition coefficient (Wildman–Crippen LogP) is 4.37. The summed E-state index contributed by atoms with van der Waals surface area (Å²) in [4.78, 5) is 11.4. The number of hydrazone groups is 1. The third-order valence-electron chi connectivity index (χ3n) is 6.02. The number of nitrogens with zero attached hydrogens (tertiary/aromatic N) is 3. The van der Waals surface area contributed by atoms with Crippen molar-refractivity contribution in [2.24, 2.45) is 11.0 Å². The molecule has 5 rings (SSSR count). The van der Waals surface area contributed by atoms with Crippen LogP contribution >= 0.6 is 11.6 Å². The summed E-state index contributed by atoms with van der Waals surface area (Å²) in [5.41, 5.74) is 5.71. The van der Waals surface area contributed by atoms with Gasteiger partial charge < -0.3 is 9.84 Å². The van der Waals surface area contributed by atoms with E-state index in [0.717, 1.165) is 41.8 Å². The number of rotatable bonds is 3. The molecule has 0 spiro atoms. The van der Waals surface area contributed by atoms with E-state index in [1.807, 2.05) is 23.4 Å². The molecular weight excluding hydrogens is 402 g/mol. The van der Waals surface area contributed by atoms with Gasteiger partial charge in [-0.2, -0.15) is 10.4 Å². The van der Waals surface area contributed by atoms with Crippen molar-refractivity contribution >= 4 is 29.0 Å². The van der Waals surface area contributed by atoms with Crippen LogP contribution in [0.3, 0.4) is 0 Å². The van der Waals surface area contributed by atoms with Gasteiger partial charge in [0.05, 0.1) is 46.5 Å². The zero-order chi connectivity index (χ0) is 20.8. The quantitative estimate of drug-likeness (QED) is 0.798. The van der Waals surface area contributed by atoms with Crippen molar-refractivity contribution in [2.45, 2.75) is 25.3 Å². The smallest absolute Gasteiger partial charge is 0.335 e. The Kier molecular flexibility index (Phi) is 4.48. The molecule has 1 aliphatic carbocycles. The molecule has 0 amide bonds. The number of halogens is 1. The van der Waals surface area contributed by atoms with Crippen LogP contribution < -0.4 is 5.01 Å². The molecular formula is C23H18ClN3O3. The van der Waals surface area contributed by atoms with Crippen LogP contribution in [0.2, 0.25) is 5.02 Å². The lowest BCUT2D eigenvalue weighted by Gasteiger charge is -2.31. The van der Waals surface area contributed by atoms with Crippen molar-refractivity contribution in [2.75, 3.05) is 11.6 Å². The molecule has 0 fully saturated rings. The van der Waals surface area contributed by atoms with Gasteiger partial charge in [-0.25, -0.2) is 4.79 Å². The number of carboxylic acid groups (broad SMARTS) is 1. The molecule has 6 nitrogen and oxygen atoms in total. The number of benzene rings is 2. The Morgan fingerprint density at radius 3 is 2.83 bits per heavy atom. The molecule has 3 aliphatic rings. The monoisotopic (exact) mass is 419 g/mol. The minimum Gasteiger partial charge on any atom is -0.501 e. The number of ether oxygens (including phenoxy) is 1. The number of aromatic carboxylic acids is 1. The number of hydrogen-bond acceptors (Lipinski definition) is 5. The highest BCUT2D eigenvalue weighted by atomic mass is 35.5. The number of carboxylic acids is 1. The first kappa shape index (κ1) is 18.7. The Morgan fingerprint density at radius 1 is 1.27 bits per heavy atom. The second-order valence-electron chi connectivity index (χ2n) is 7.69. The summed E-state index contributed by atoms with van der Waals surface area (Å²) in [6, 6.07) is 12.7. The summed E-state index contributed by atoms with van der Waals surface area (Å²) < 4.78 is 5.53. The van der Waals surface area contributed by atoms with E-state index in [4.69, 9.17) is 21.4 Å². The van der Waals surface area contributed by atoms with Gasteiger partial charge in [-0.05, 0) is 54.3 Å². The van der Waals surface area contributed by atoms with Crippen molar-refractivity contribution in [3.05, 3.63) is 75.5 Å². The van der Waals surface area contributed by atoms with Gasteiger partial charge in [0.15, 0.2) is 0 Å². The van der Waals surface area contributed by atoms with Crippen molar-refractivity contribution in [3.8, 4) is 6.07 Å². The van der Waals surface area contributed by atoms with E-state index in [0.29, 0.717) is 22.8 Å².